The second-order valence-electron chi connectivity index (χ2n) is 5.40. The molecule has 2 rings (SSSR count). The summed E-state index contributed by atoms with van der Waals surface area (Å²) >= 11 is 0. The monoisotopic (exact) mass is 217 g/mol. The zero-order valence-corrected chi connectivity index (χ0v) is 10.4. The summed E-state index contributed by atoms with van der Waals surface area (Å²) in [6, 6.07) is 10.9. The summed E-state index contributed by atoms with van der Waals surface area (Å²) in [5.41, 5.74) is 1.53. The lowest BCUT2D eigenvalue weighted by atomic mass is 10.1. The summed E-state index contributed by atoms with van der Waals surface area (Å²) in [5, 5.41) is 3.58. The molecule has 1 fully saturated rings. The van der Waals surface area contributed by atoms with Gasteiger partial charge < -0.3 is 5.32 Å². The molecule has 0 heterocycles. The molecule has 2 atom stereocenters. The molecule has 0 aromatic heterocycles. The van der Waals surface area contributed by atoms with Crippen LogP contribution in [0.2, 0.25) is 0 Å². The molecule has 1 aliphatic carbocycles. The maximum absolute atomic E-state index is 3.58. The van der Waals surface area contributed by atoms with Crippen molar-refractivity contribution in [2.75, 3.05) is 13.1 Å². The third-order valence-electron chi connectivity index (χ3n) is 3.46. The van der Waals surface area contributed by atoms with E-state index in [-0.39, 0.29) is 0 Å². The average Bonchev–Trinajstić information content (AvgIpc) is 3.05. The summed E-state index contributed by atoms with van der Waals surface area (Å²) < 4.78 is 0. The maximum atomic E-state index is 3.58. The van der Waals surface area contributed by atoms with Crippen molar-refractivity contribution in [1.29, 1.82) is 0 Å². The topological polar surface area (TPSA) is 12.0 Å². The smallest absolute Gasteiger partial charge is 0.00144 e. The molecule has 1 N–H and O–H groups in total. The lowest BCUT2D eigenvalue weighted by Crippen LogP contribution is -2.19. The fraction of sp³-hybridized carbons (Fsp3) is 0.600. The SMILES string of the molecule is CC(C)CCNCC1CC1c1ccccc1. The summed E-state index contributed by atoms with van der Waals surface area (Å²) in [7, 11) is 0. The van der Waals surface area contributed by atoms with Crippen LogP contribution < -0.4 is 5.32 Å². The molecule has 16 heavy (non-hydrogen) atoms. The quantitative estimate of drug-likeness (QED) is 0.720. The van der Waals surface area contributed by atoms with Gasteiger partial charge in [-0.1, -0.05) is 44.2 Å². The number of benzene rings is 1. The standard InChI is InChI=1S/C15H23N/c1-12(2)8-9-16-11-14-10-15(14)13-6-4-3-5-7-13/h3-7,12,14-16H,8-11H2,1-2H3. The molecule has 0 aliphatic heterocycles. The normalized spacial score (nSPS) is 23.7. The second kappa shape index (κ2) is 5.49. The van der Waals surface area contributed by atoms with E-state index >= 15 is 0 Å². The van der Waals surface area contributed by atoms with Gasteiger partial charge in [-0.2, -0.15) is 0 Å². The summed E-state index contributed by atoms with van der Waals surface area (Å²) in [5.74, 6) is 2.53. The predicted molar refractivity (Wildman–Crippen MR) is 69.6 cm³/mol. The van der Waals surface area contributed by atoms with E-state index in [2.05, 4.69) is 49.5 Å². The van der Waals surface area contributed by atoms with Crippen molar-refractivity contribution in [3.05, 3.63) is 35.9 Å². The molecule has 0 spiro atoms. The molecule has 1 nitrogen and oxygen atoms in total. The van der Waals surface area contributed by atoms with Crippen LogP contribution in [0.3, 0.4) is 0 Å². The number of rotatable bonds is 6. The molecular weight excluding hydrogens is 194 g/mol. The highest BCUT2D eigenvalue weighted by Crippen LogP contribution is 2.46. The summed E-state index contributed by atoms with van der Waals surface area (Å²) in [6.07, 6.45) is 2.67. The van der Waals surface area contributed by atoms with Crippen LogP contribution >= 0.6 is 0 Å². The van der Waals surface area contributed by atoms with Gasteiger partial charge in [0.1, 0.15) is 0 Å². The van der Waals surface area contributed by atoms with Crippen LogP contribution in [0.25, 0.3) is 0 Å². The first-order valence-corrected chi connectivity index (χ1v) is 6.53. The van der Waals surface area contributed by atoms with E-state index < -0.39 is 0 Å². The molecule has 0 saturated heterocycles. The van der Waals surface area contributed by atoms with Crippen LogP contribution in [0.15, 0.2) is 30.3 Å². The fourth-order valence-electron chi connectivity index (χ4n) is 2.26. The van der Waals surface area contributed by atoms with E-state index in [4.69, 9.17) is 0 Å². The van der Waals surface area contributed by atoms with Gasteiger partial charge in [-0.15, -0.1) is 0 Å². The van der Waals surface area contributed by atoms with Gasteiger partial charge in [0.15, 0.2) is 0 Å². The Hall–Kier alpha value is -0.820. The molecular formula is C15H23N. The van der Waals surface area contributed by atoms with Gasteiger partial charge in [-0.3, -0.25) is 0 Å². The summed E-state index contributed by atoms with van der Waals surface area (Å²) in [4.78, 5) is 0. The largest absolute Gasteiger partial charge is 0.316 e. The van der Waals surface area contributed by atoms with Crippen LogP contribution in [0.4, 0.5) is 0 Å². The van der Waals surface area contributed by atoms with Gasteiger partial charge in [0.2, 0.25) is 0 Å². The molecule has 0 radical (unpaired) electrons. The minimum atomic E-state index is 0.816. The van der Waals surface area contributed by atoms with Crippen molar-refractivity contribution >= 4 is 0 Å². The number of hydrogen-bond donors (Lipinski definition) is 1. The van der Waals surface area contributed by atoms with E-state index in [1.165, 1.54) is 31.5 Å². The summed E-state index contributed by atoms with van der Waals surface area (Å²) in [6.45, 7) is 6.94. The van der Waals surface area contributed by atoms with E-state index in [0.29, 0.717) is 0 Å². The first-order chi connectivity index (χ1) is 7.77. The van der Waals surface area contributed by atoms with Crippen LogP contribution in [-0.4, -0.2) is 13.1 Å². The fourth-order valence-corrected chi connectivity index (χ4v) is 2.26. The predicted octanol–water partition coefficient (Wildman–Crippen LogP) is 3.43. The van der Waals surface area contributed by atoms with Gasteiger partial charge in [-0.25, -0.2) is 0 Å². The van der Waals surface area contributed by atoms with Crippen LogP contribution in [0.5, 0.6) is 0 Å². The Morgan fingerprint density at radius 1 is 1.25 bits per heavy atom. The molecule has 1 saturated carbocycles. The zero-order chi connectivity index (χ0) is 11.4. The van der Waals surface area contributed by atoms with Crippen molar-refractivity contribution in [2.24, 2.45) is 11.8 Å². The maximum Gasteiger partial charge on any atom is -0.00144 e. The molecule has 1 aliphatic rings. The van der Waals surface area contributed by atoms with E-state index in [1.54, 1.807) is 0 Å². The minimum absolute atomic E-state index is 0.816. The lowest BCUT2D eigenvalue weighted by molar-refractivity contribution is 0.525. The van der Waals surface area contributed by atoms with Crippen LogP contribution in [-0.2, 0) is 0 Å². The Bertz CT molecular complexity index is 304. The molecule has 1 aromatic rings. The van der Waals surface area contributed by atoms with Gasteiger partial charge in [0.05, 0.1) is 0 Å². The Morgan fingerprint density at radius 3 is 2.69 bits per heavy atom. The zero-order valence-electron chi connectivity index (χ0n) is 10.4. The minimum Gasteiger partial charge on any atom is -0.316 e. The highest BCUT2D eigenvalue weighted by Gasteiger charge is 2.37. The van der Waals surface area contributed by atoms with Crippen LogP contribution in [0, 0.1) is 11.8 Å². The first kappa shape index (κ1) is 11.7. The number of hydrogen-bond acceptors (Lipinski definition) is 1. The van der Waals surface area contributed by atoms with E-state index in [1.807, 2.05) is 0 Å². The Morgan fingerprint density at radius 2 is 2.00 bits per heavy atom. The highest BCUT2D eigenvalue weighted by molar-refractivity contribution is 5.25. The van der Waals surface area contributed by atoms with Gasteiger partial charge in [0, 0.05) is 0 Å². The molecule has 2 unspecified atom stereocenters. The molecule has 1 aromatic carbocycles. The Balaban J connectivity index is 1.65. The molecule has 0 amide bonds. The third kappa shape index (κ3) is 3.34. The number of nitrogens with one attached hydrogen (secondary N) is 1. The Kier molecular flexibility index (Phi) is 4.00. The molecule has 0 bridgehead atoms. The first-order valence-electron chi connectivity index (χ1n) is 6.53. The van der Waals surface area contributed by atoms with E-state index in [0.717, 1.165) is 17.8 Å². The Labute approximate surface area is 99.3 Å². The van der Waals surface area contributed by atoms with Crippen molar-refractivity contribution in [1.82, 2.24) is 5.32 Å². The highest BCUT2D eigenvalue weighted by atomic mass is 14.9. The van der Waals surface area contributed by atoms with Crippen molar-refractivity contribution < 1.29 is 0 Å². The van der Waals surface area contributed by atoms with Crippen molar-refractivity contribution in [3.63, 3.8) is 0 Å². The van der Waals surface area contributed by atoms with Gasteiger partial charge in [-0.05, 0) is 49.2 Å². The average molecular weight is 217 g/mol. The van der Waals surface area contributed by atoms with Crippen molar-refractivity contribution in [3.8, 4) is 0 Å². The lowest BCUT2D eigenvalue weighted by Gasteiger charge is -2.06. The van der Waals surface area contributed by atoms with Crippen LogP contribution in [0.1, 0.15) is 38.2 Å². The molecule has 88 valence electrons. The van der Waals surface area contributed by atoms with E-state index in [9.17, 15) is 0 Å². The van der Waals surface area contributed by atoms with Gasteiger partial charge >= 0.3 is 0 Å². The third-order valence-corrected chi connectivity index (χ3v) is 3.46. The second-order valence-corrected chi connectivity index (χ2v) is 5.40. The van der Waals surface area contributed by atoms with Crippen molar-refractivity contribution in [2.45, 2.75) is 32.6 Å². The molecule has 1 heteroatoms. The van der Waals surface area contributed by atoms with Gasteiger partial charge in [0.25, 0.3) is 0 Å².